The smallest absolute Gasteiger partial charge is 0.00199 e. The highest BCUT2D eigenvalue weighted by molar-refractivity contribution is 5.34. The molecule has 1 N–H and O–H groups in total. The van der Waals surface area contributed by atoms with Crippen LogP contribution in [0.15, 0.2) is 18.2 Å². The van der Waals surface area contributed by atoms with Gasteiger partial charge in [0.15, 0.2) is 0 Å². The van der Waals surface area contributed by atoms with Crippen LogP contribution in [0.1, 0.15) is 35.4 Å². The van der Waals surface area contributed by atoms with E-state index in [9.17, 15) is 0 Å². The van der Waals surface area contributed by atoms with E-state index >= 15 is 0 Å². The summed E-state index contributed by atoms with van der Waals surface area (Å²) in [4.78, 5) is 0. The summed E-state index contributed by atoms with van der Waals surface area (Å²) in [5.74, 6) is 1.66. The SMILES string of the molecule is CNCC(c1ccc(C)cc1C)C1CC1. The molecule has 1 atom stereocenters. The largest absolute Gasteiger partial charge is 0.319 e. The van der Waals surface area contributed by atoms with Crippen molar-refractivity contribution >= 4 is 0 Å². The summed E-state index contributed by atoms with van der Waals surface area (Å²) in [7, 11) is 2.05. The number of aryl methyl sites for hydroxylation is 2. The third-order valence-electron chi connectivity index (χ3n) is 3.44. The number of benzene rings is 1. The Balaban J connectivity index is 2.24. The van der Waals surface area contributed by atoms with E-state index in [1.165, 1.54) is 24.0 Å². The second-order valence-corrected chi connectivity index (χ2v) is 4.86. The Bertz CT molecular complexity index is 339. The van der Waals surface area contributed by atoms with Gasteiger partial charge in [0.1, 0.15) is 0 Å². The molecule has 1 heteroatoms. The lowest BCUT2D eigenvalue weighted by Crippen LogP contribution is -2.19. The highest BCUT2D eigenvalue weighted by Gasteiger charge is 2.32. The molecule has 1 saturated carbocycles. The normalized spacial score (nSPS) is 17.8. The number of nitrogens with one attached hydrogen (secondary N) is 1. The van der Waals surface area contributed by atoms with Crippen molar-refractivity contribution in [2.45, 2.75) is 32.6 Å². The first kappa shape index (κ1) is 10.7. The van der Waals surface area contributed by atoms with Gasteiger partial charge >= 0.3 is 0 Å². The predicted octanol–water partition coefficient (Wildman–Crippen LogP) is 3.02. The average Bonchev–Trinajstić information content (AvgIpc) is 2.98. The van der Waals surface area contributed by atoms with Crippen molar-refractivity contribution in [3.8, 4) is 0 Å². The lowest BCUT2D eigenvalue weighted by Gasteiger charge is -2.19. The van der Waals surface area contributed by atoms with Crippen LogP contribution in [0.4, 0.5) is 0 Å². The highest BCUT2D eigenvalue weighted by atomic mass is 14.8. The second-order valence-electron chi connectivity index (χ2n) is 4.86. The maximum absolute atomic E-state index is 3.33. The van der Waals surface area contributed by atoms with Gasteiger partial charge in [0.2, 0.25) is 0 Å². The summed E-state index contributed by atoms with van der Waals surface area (Å²) < 4.78 is 0. The minimum absolute atomic E-state index is 0.732. The van der Waals surface area contributed by atoms with Crippen LogP contribution >= 0.6 is 0 Å². The molecule has 2 rings (SSSR count). The molecule has 0 bridgehead atoms. The molecular weight excluding hydrogens is 182 g/mol. The molecule has 0 spiro atoms. The molecule has 0 radical (unpaired) electrons. The Morgan fingerprint density at radius 3 is 2.60 bits per heavy atom. The fourth-order valence-electron chi connectivity index (χ4n) is 2.49. The summed E-state index contributed by atoms with van der Waals surface area (Å²) in [5.41, 5.74) is 4.38. The first-order valence-electron chi connectivity index (χ1n) is 5.94. The van der Waals surface area contributed by atoms with Gasteiger partial charge in [0, 0.05) is 6.54 Å². The number of likely N-dealkylation sites (N-methyl/N-ethyl adjacent to an activating group) is 1. The summed E-state index contributed by atoms with van der Waals surface area (Å²) in [6.07, 6.45) is 2.83. The van der Waals surface area contributed by atoms with Crippen molar-refractivity contribution in [2.24, 2.45) is 5.92 Å². The van der Waals surface area contributed by atoms with Crippen LogP contribution in [0.5, 0.6) is 0 Å². The molecule has 0 amide bonds. The molecule has 0 heterocycles. The van der Waals surface area contributed by atoms with Crippen molar-refractivity contribution in [3.63, 3.8) is 0 Å². The Hall–Kier alpha value is -0.820. The van der Waals surface area contributed by atoms with Crippen molar-refractivity contribution in [1.82, 2.24) is 5.32 Å². The van der Waals surface area contributed by atoms with Crippen LogP contribution in [0.2, 0.25) is 0 Å². The number of hydrogen-bond donors (Lipinski definition) is 1. The van der Waals surface area contributed by atoms with Crippen LogP contribution in [0.3, 0.4) is 0 Å². The predicted molar refractivity (Wildman–Crippen MR) is 65.3 cm³/mol. The van der Waals surface area contributed by atoms with Gasteiger partial charge in [-0.3, -0.25) is 0 Å². The van der Waals surface area contributed by atoms with E-state index in [4.69, 9.17) is 0 Å². The Kier molecular flexibility index (Phi) is 3.11. The molecule has 82 valence electrons. The molecule has 15 heavy (non-hydrogen) atoms. The van der Waals surface area contributed by atoms with Crippen molar-refractivity contribution < 1.29 is 0 Å². The third kappa shape index (κ3) is 2.40. The van der Waals surface area contributed by atoms with Gasteiger partial charge in [0.05, 0.1) is 0 Å². The van der Waals surface area contributed by atoms with E-state index in [0.717, 1.165) is 18.4 Å². The molecule has 1 aromatic carbocycles. The Labute approximate surface area is 92.9 Å². The lowest BCUT2D eigenvalue weighted by molar-refractivity contribution is 0.564. The van der Waals surface area contributed by atoms with Gasteiger partial charge in [-0.1, -0.05) is 23.8 Å². The van der Waals surface area contributed by atoms with Gasteiger partial charge in [-0.2, -0.15) is 0 Å². The van der Waals surface area contributed by atoms with Crippen LogP contribution in [0, 0.1) is 19.8 Å². The third-order valence-corrected chi connectivity index (χ3v) is 3.44. The first-order valence-corrected chi connectivity index (χ1v) is 5.94. The maximum Gasteiger partial charge on any atom is 0.00199 e. The van der Waals surface area contributed by atoms with Gasteiger partial charge < -0.3 is 5.32 Å². The molecule has 0 aromatic heterocycles. The monoisotopic (exact) mass is 203 g/mol. The van der Waals surface area contributed by atoms with E-state index in [1.54, 1.807) is 5.56 Å². The van der Waals surface area contributed by atoms with Crippen molar-refractivity contribution in [2.75, 3.05) is 13.6 Å². The van der Waals surface area contributed by atoms with Gasteiger partial charge in [0.25, 0.3) is 0 Å². The zero-order chi connectivity index (χ0) is 10.8. The van der Waals surface area contributed by atoms with Crippen molar-refractivity contribution in [1.29, 1.82) is 0 Å². The van der Waals surface area contributed by atoms with E-state index < -0.39 is 0 Å². The van der Waals surface area contributed by atoms with E-state index in [2.05, 4.69) is 44.4 Å². The average molecular weight is 203 g/mol. The molecule has 0 aliphatic heterocycles. The topological polar surface area (TPSA) is 12.0 Å². The molecule has 1 nitrogen and oxygen atoms in total. The zero-order valence-corrected chi connectivity index (χ0v) is 10.0. The van der Waals surface area contributed by atoms with Crippen molar-refractivity contribution in [3.05, 3.63) is 34.9 Å². The first-order chi connectivity index (χ1) is 7.22. The second kappa shape index (κ2) is 4.36. The minimum atomic E-state index is 0.732. The summed E-state index contributed by atoms with van der Waals surface area (Å²) in [5, 5.41) is 3.33. The summed E-state index contributed by atoms with van der Waals surface area (Å²) in [6.45, 7) is 5.53. The Morgan fingerprint density at radius 1 is 1.33 bits per heavy atom. The molecular formula is C14H21N. The fourth-order valence-corrected chi connectivity index (χ4v) is 2.49. The quantitative estimate of drug-likeness (QED) is 0.793. The Morgan fingerprint density at radius 2 is 2.07 bits per heavy atom. The maximum atomic E-state index is 3.33. The van der Waals surface area contributed by atoms with Crippen LogP contribution in [-0.4, -0.2) is 13.6 Å². The summed E-state index contributed by atoms with van der Waals surface area (Å²) >= 11 is 0. The molecule has 0 saturated heterocycles. The van der Waals surface area contributed by atoms with E-state index in [1.807, 2.05) is 0 Å². The van der Waals surface area contributed by atoms with Crippen LogP contribution < -0.4 is 5.32 Å². The standard InChI is InChI=1S/C14H21N/c1-10-4-7-13(11(2)8-10)14(9-15-3)12-5-6-12/h4,7-8,12,14-15H,5-6,9H2,1-3H3. The summed E-state index contributed by atoms with van der Waals surface area (Å²) in [6, 6.07) is 6.87. The van der Waals surface area contributed by atoms with Gasteiger partial charge in [-0.15, -0.1) is 0 Å². The van der Waals surface area contributed by atoms with Gasteiger partial charge in [-0.25, -0.2) is 0 Å². The lowest BCUT2D eigenvalue weighted by atomic mass is 9.90. The zero-order valence-electron chi connectivity index (χ0n) is 10.0. The fraction of sp³-hybridized carbons (Fsp3) is 0.571. The van der Waals surface area contributed by atoms with Crippen LogP contribution in [-0.2, 0) is 0 Å². The molecule has 1 aromatic rings. The molecule has 1 fully saturated rings. The van der Waals surface area contributed by atoms with Gasteiger partial charge in [-0.05, 0) is 56.7 Å². The van der Waals surface area contributed by atoms with E-state index in [0.29, 0.717) is 0 Å². The molecule has 1 aliphatic carbocycles. The number of hydrogen-bond acceptors (Lipinski definition) is 1. The van der Waals surface area contributed by atoms with Crippen LogP contribution in [0.25, 0.3) is 0 Å². The number of rotatable bonds is 4. The molecule has 1 aliphatic rings. The highest BCUT2D eigenvalue weighted by Crippen LogP contribution is 2.43. The minimum Gasteiger partial charge on any atom is -0.319 e. The molecule has 1 unspecified atom stereocenters. The van der Waals surface area contributed by atoms with E-state index in [-0.39, 0.29) is 0 Å².